The zero-order valence-corrected chi connectivity index (χ0v) is 7.80. The number of cyclic esters (lactones) is 1. The third kappa shape index (κ3) is 3.20. The molecule has 0 aromatic carbocycles. The second kappa shape index (κ2) is 4.72. The van der Waals surface area contributed by atoms with Crippen molar-refractivity contribution >= 4 is 21.9 Å². The fourth-order valence-electron chi connectivity index (χ4n) is 0.956. The highest BCUT2D eigenvalue weighted by atomic mass is 79.9. The summed E-state index contributed by atoms with van der Waals surface area (Å²) in [5.74, 6) is -0.255. The molecule has 0 amide bonds. The minimum atomic E-state index is -0.255. The molecule has 3 nitrogen and oxygen atoms in total. The molecule has 1 aliphatic heterocycles. The normalized spacial score (nSPS) is 27.0. The first-order valence-electron chi connectivity index (χ1n) is 3.66. The standard InChI is InChI=1S/C7H11BrO3/c8-4-6-2-1-3-10-5-7(9)11-6/h6H,1-5H2/t6-/m0/s1. The van der Waals surface area contributed by atoms with E-state index in [-0.39, 0.29) is 18.7 Å². The van der Waals surface area contributed by atoms with E-state index < -0.39 is 0 Å². The molecule has 1 heterocycles. The van der Waals surface area contributed by atoms with E-state index in [9.17, 15) is 4.79 Å². The lowest BCUT2D eigenvalue weighted by Gasteiger charge is -2.18. The maximum absolute atomic E-state index is 10.8. The van der Waals surface area contributed by atoms with E-state index in [2.05, 4.69) is 15.9 Å². The van der Waals surface area contributed by atoms with Crippen LogP contribution in [0.2, 0.25) is 0 Å². The maximum atomic E-state index is 10.8. The Morgan fingerprint density at radius 1 is 1.64 bits per heavy atom. The lowest BCUT2D eigenvalue weighted by Crippen LogP contribution is -2.26. The molecule has 1 fully saturated rings. The van der Waals surface area contributed by atoms with Crippen molar-refractivity contribution in [2.75, 3.05) is 18.5 Å². The summed E-state index contributed by atoms with van der Waals surface area (Å²) < 4.78 is 10.0. The smallest absolute Gasteiger partial charge is 0.332 e. The van der Waals surface area contributed by atoms with Gasteiger partial charge in [0.25, 0.3) is 0 Å². The summed E-state index contributed by atoms with van der Waals surface area (Å²) in [5.41, 5.74) is 0. The topological polar surface area (TPSA) is 35.5 Å². The molecule has 0 radical (unpaired) electrons. The summed E-state index contributed by atoms with van der Waals surface area (Å²) in [6.07, 6.45) is 1.88. The third-order valence-electron chi connectivity index (χ3n) is 1.50. The van der Waals surface area contributed by atoms with Crippen LogP contribution in [0, 0.1) is 0 Å². The Bertz CT molecular complexity index is 138. The number of alkyl halides is 1. The molecule has 0 bridgehead atoms. The summed E-state index contributed by atoms with van der Waals surface area (Å²) in [5, 5.41) is 0.721. The van der Waals surface area contributed by atoms with Crippen LogP contribution in [0.4, 0.5) is 0 Å². The fourth-order valence-corrected chi connectivity index (χ4v) is 1.41. The van der Waals surface area contributed by atoms with E-state index in [1.165, 1.54) is 0 Å². The summed E-state index contributed by atoms with van der Waals surface area (Å²) in [7, 11) is 0. The largest absolute Gasteiger partial charge is 0.460 e. The molecule has 11 heavy (non-hydrogen) atoms. The third-order valence-corrected chi connectivity index (χ3v) is 2.23. The molecule has 0 saturated carbocycles. The first-order chi connectivity index (χ1) is 5.33. The summed E-state index contributed by atoms with van der Waals surface area (Å²) in [6, 6.07) is 0. The second-order valence-electron chi connectivity index (χ2n) is 2.46. The van der Waals surface area contributed by atoms with Gasteiger partial charge in [-0.15, -0.1) is 0 Å². The minimum Gasteiger partial charge on any atom is -0.460 e. The van der Waals surface area contributed by atoms with Gasteiger partial charge in [-0.05, 0) is 12.8 Å². The number of rotatable bonds is 1. The van der Waals surface area contributed by atoms with Gasteiger partial charge in [-0.1, -0.05) is 15.9 Å². The quantitative estimate of drug-likeness (QED) is 0.493. The van der Waals surface area contributed by atoms with Crippen molar-refractivity contribution in [1.82, 2.24) is 0 Å². The van der Waals surface area contributed by atoms with E-state index in [1.807, 2.05) is 0 Å². The Hall–Kier alpha value is -0.0900. The molecule has 1 aliphatic rings. The number of carbonyl (C=O) groups is 1. The zero-order valence-electron chi connectivity index (χ0n) is 6.22. The number of halogens is 1. The molecule has 0 aromatic heterocycles. The van der Waals surface area contributed by atoms with E-state index in [4.69, 9.17) is 9.47 Å². The molecule has 0 unspecified atom stereocenters. The lowest BCUT2D eigenvalue weighted by atomic mass is 10.2. The fraction of sp³-hybridized carbons (Fsp3) is 0.857. The van der Waals surface area contributed by atoms with Crippen LogP contribution in [-0.4, -0.2) is 30.6 Å². The van der Waals surface area contributed by atoms with Crippen molar-refractivity contribution in [1.29, 1.82) is 0 Å². The van der Waals surface area contributed by atoms with Gasteiger partial charge >= 0.3 is 5.97 Å². The van der Waals surface area contributed by atoms with Crippen LogP contribution >= 0.6 is 15.9 Å². The van der Waals surface area contributed by atoms with Gasteiger partial charge < -0.3 is 9.47 Å². The Labute approximate surface area is 74.2 Å². The lowest BCUT2D eigenvalue weighted by molar-refractivity contribution is -0.156. The first kappa shape index (κ1) is 9.00. The van der Waals surface area contributed by atoms with Crippen molar-refractivity contribution in [3.63, 3.8) is 0 Å². The van der Waals surface area contributed by atoms with Crippen molar-refractivity contribution in [3.05, 3.63) is 0 Å². The van der Waals surface area contributed by atoms with Crippen molar-refractivity contribution in [2.24, 2.45) is 0 Å². The van der Waals surface area contributed by atoms with Crippen LogP contribution in [-0.2, 0) is 14.3 Å². The number of hydrogen-bond acceptors (Lipinski definition) is 3. The predicted octanol–water partition coefficient (Wildman–Crippen LogP) is 1.10. The molecule has 0 N–H and O–H groups in total. The van der Waals surface area contributed by atoms with E-state index in [1.54, 1.807) is 0 Å². The van der Waals surface area contributed by atoms with Crippen molar-refractivity contribution in [3.8, 4) is 0 Å². The van der Waals surface area contributed by atoms with Crippen LogP contribution in [0.15, 0.2) is 0 Å². The average Bonchev–Trinajstić information content (AvgIpc) is 1.96. The Morgan fingerprint density at radius 3 is 3.18 bits per heavy atom. The monoisotopic (exact) mass is 222 g/mol. The highest BCUT2D eigenvalue weighted by Gasteiger charge is 2.15. The molecule has 1 saturated heterocycles. The molecular formula is C7H11BrO3. The van der Waals surface area contributed by atoms with Gasteiger partial charge in [-0.25, -0.2) is 4.79 Å². The van der Waals surface area contributed by atoms with Gasteiger partial charge in [0.15, 0.2) is 0 Å². The molecule has 4 heteroatoms. The summed E-state index contributed by atoms with van der Waals surface area (Å²) in [6.45, 7) is 0.766. The second-order valence-corrected chi connectivity index (χ2v) is 3.11. The van der Waals surface area contributed by atoms with Gasteiger partial charge in [0, 0.05) is 11.9 Å². The van der Waals surface area contributed by atoms with Gasteiger partial charge in [-0.3, -0.25) is 0 Å². The predicted molar refractivity (Wildman–Crippen MR) is 43.7 cm³/mol. The molecule has 0 aromatic rings. The number of carbonyl (C=O) groups excluding carboxylic acids is 1. The van der Waals surface area contributed by atoms with E-state index in [0.717, 1.165) is 18.2 Å². The minimum absolute atomic E-state index is 0.0337. The van der Waals surface area contributed by atoms with Crippen molar-refractivity contribution < 1.29 is 14.3 Å². The van der Waals surface area contributed by atoms with Crippen LogP contribution in [0.5, 0.6) is 0 Å². The van der Waals surface area contributed by atoms with Gasteiger partial charge in [0.05, 0.1) is 0 Å². The Kier molecular flexibility index (Phi) is 3.86. The number of hydrogen-bond donors (Lipinski definition) is 0. The van der Waals surface area contributed by atoms with Gasteiger partial charge in [0.2, 0.25) is 0 Å². The highest BCUT2D eigenvalue weighted by Crippen LogP contribution is 2.09. The number of ether oxygens (including phenoxy) is 2. The van der Waals surface area contributed by atoms with E-state index >= 15 is 0 Å². The zero-order chi connectivity index (χ0) is 8.10. The first-order valence-corrected chi connectivity index (χ1v) is 4.78. The number of esters is 1. The SMILES string of the molecule is O=C1COCCC[C@@H](CBr)O1. The molecule has 1 atom stereocenters. The van der Waals surface area contributed by atoms with Gasteiger partial charge in [-0.2, -0.15) is 0 Å². The average molecular weight is 223 g/mol. The summed E-state index contributed by atoms with van der Waals surface area (Å²) >= 11 is 3.28. The van der Waals surface area contributed by atoms with E-state index in [0.29, 0.717) is 6.61 Å². The molecular weight excluding hydrogens is 212 g/mol. The maximum Gasteiger partial charge on any atom is 0.332 e. The van der Waals surface area contributed by atoms with Crippen molar-refractivity contribution in [2.45, 2.75) is 18.9 Å². The Balaban J connectivity index is 2.35. The van der Waals surface area contributed by atoms with Crippen LogP contribution in [0.3, 0.4) is 0 Å². The van der Waals surface area contributed by atoms with Crippen LogP contribution in [0.25, 0.3) is 0 Å². The highest BCUT2D eigenvalue weighted by molar-refractivity contribution is 9.09. The summed E-state index contributed by atoms with van der Waals surface area (Å²) in [4.78, 5) is 10.8. The van der Waals surface area contributed by atoms with Crippen LogP contribution < -0.4 is 0 Å². The molecule has 0 spiro atoms. The molecule has 0 aliphatic carbocycles. The Morgan fingerprint density at radius 2 is 2.45 bits per heavy atom. The van der Waals surface area contributed by atoms with Crippen LogP contribution in [0.1, 0.15) is 12.8 Å². The molecule has 64 valence electrons. The van der Waals surface area contributed by atoms with Gasteiger partial charge in [0.1, 0.15) is 12.7 Å². The molecule has 1 rings (SSSR count).